The lowest BCUT2D eigenvalue weighted by Gasteiger charge is -2.33. The highest BCUT2D eigenvalue weighted by Gasteiger charge is 2.27. The van der Waals surface area contributed by atoms with E-state index in [1.165, 1.54) is 0 Å². The number of fused-ring (bicyclic) bond motifs is 1. The van der Waals surface area contributed by atoms with Gasteiger partial charge >= 0.3 is 0 Å². The first-order valence-electron chi connectivity index (χ1n) is 11.7. The van der Waals surface area contributed by atoms with Crippen molar-refractivity contribution in [2.45, 2.75) is 23.8 Å². The Balaban J connectivity index is 1.49. The molecule has 35 heavy (non-hydrogen) atoms. The molecular weight excluding hydrogens is 511 g/mol. The number of likely N-dealkylation sites (N-methyl/N-ethyl adjacent to an activating group) is 1. The summed E-state index contributed by atoms with van der Waals surface area (Å²) in [5, 5.41) is 1.27. The molecule has 0 radical (unpaired) electrons. The van der Waals surface area contributed by atoms with Gasteiger partial charge in [0.05, 0.1) is 43.7 Å². The maximum atomic E-state index is 12.8. The SMILES string of the molecule is CN1Cc2c(Cl)cc(Cl)cc2C(c2ccc(S(=O)(=O)CCCOCCOCCOCCN)cc2)C1. The average molecular weight is 546 g/mol. The minimum absolute atomic E-state index is 0.0281. The van der Waals surface area contributed by atoms with Gasteiger partial charge in [0.1, 0.15) is 0 Å². The molecular formula is C25H34Cl2N2O5S. The van der Waals surface area contributed by atoms with Gasteiger partial charge in [0.15, 0.2) is 9.84 Å². The number of benzene rings is 2. The van der Waals surface area contributed by atoms with E-state index in [1.54, 1.807) is 18.2 Å². The first-order valence-corrected chi connectivity index (χ1v) is 14.1. The number of hydrogen-bond donors (Lipinski definition) is 1. The van der Waals surface area contributed by atoms with Gasteiger partial charge in [-0.25, -0.2) is 8.42 Å². The van der Waals surface area contributed by atoms with Crippen LogP contribution in [0, 0.1) is 0 Å². The van der Waals surface area contributed by atoms with E-state index in [2.05, 4.69) is 4.90 Å². The average Bonchev–Trinajstić information content (AvgIpc) is 2.83. The Morgan fingerprint density at radius 3 is 2.26 bits per heavy atom. The molecule has 0 saturated heterocycles. The summed E-state index contributed by atoms with van der Waals surface area (Å²) in [5.41, 5.74) is 8.53. The van der Waals surface area contributed by atoms with Crippen LogP contribution in [0.25, 0.3) is 0 Å². The summed E-state index contributed by atoms with van der Waals surface area (Å²) in [5.74, 6) is 0.0971. The van der Waals surface area contributed by atoms with Crippen LogP contribution in [0.5, 0.6) is 0 Å². The normalized spacial score (nSPS) is 16.4. The van der Waals surface area contributed by atoms with Crippen LogP contribution in [0.3, 0.4) is 0 Å². The zero-order valence-electron chi connectivity index (χ0n) is 20.0. The molecule has 1 aliphatic heterocycles. The zero-order valence-corrected chi connectivity index (χ0v) is 22.4. The van der Waals surface area contributed by atoms with Gasteiger partial charge in [-0.15, -0.1) is 0 Å². The lowest BCUT2D eigenvalue weighted by atomic mass is 9.85. The van der Waals surface area contributed by atoms with Crippen molar-refractivity contribution in [1.82, 2.24) is 4.90 Å². The lowest BCUT2D eigenvalue weighted by Crippen LogP contribution is -2.31. The topological polar surface area (TPSA) is 91.1 Å². The lowest BCUT2D eigenvalue weighted by molar-refractivity contribution is 0.0162. The van der Waals surface area contributed by atoms with E-state index in [0.29, 0.717) is 67.5 Å². The molecule has 1 atom stereocenters. The van der Waals surface area contributed by atoms with Crippen molar-refractivity contribution < 1.29 is 22.6 Å². The Morgan fingerprint density at radius 2 is 1.60 bits per heavy atom. The largest absolute Gasteiger partial charge is 0.379 e. The molecule has 7 nitrogen and oxygen atoms in total. The summed E-state index contributed by atoms with van der Waals surface area (Å²) in [6, 6.07) is 10.9. The van der Waals surface area contributed by atoms with E-state index < -0.39 is 9.84 Å². The van der Waals surface area contributed by atoms with Crippen molar-refractivity contribution in [3.05, 3.63) is 63.1 Å². The number of hydrogen-bond acceptors (Lipinski definition) is 7. The van der Waals surface area contributed by atoms with Crippen molar-refractivity contribution in [2.75, 3.05) is 65.5 Å². The second-order valence-corrected chi connectivity index (χ2v) is 11.5. The van der Waals surface area contributed by atoms with Crippen LogP contribution < -0.4 is 5.73 Å². The van der Waals surface area contributed by atoms with Crippen molar-refractivity contribution in [3.8, 4) is 0 Å². The molecule has 0 bridgehead atoms. The standard InChI is InChI=1S/C25H34Cl2N2O5S/c1-29-17-23(22-15-20(26)16-25(27)24(22)18-29)19-3-5-21(6-4-19)35(30,31)14-2-8-32-10-12-34-13-11-33-9-7-28/h3-6,15-16,23H,2,7-14,17-18,28H2,1H3. The molecule has 0 aliphatic carbocycles. The van der Waals surface area contributed by atoms with Crippen LogP contribution in [0.2, 0.25) is 10.0 Å². The predicted molar refractivity (Wildman–Crippen MR) is 139 cm³/mol. The summed E-state index contributed by atoms with van der Waals surface area (Å²) in [6.45, 7) is 4.77. The quantitative estimate of drug-likeness (QED) is 0.362. The van der Waals surface area contributed by atoms with E-state index >= 15 is 0 Å². The first-order chi connectivity index (χ1) is 16.8. The summed E-state index contributed by atoms with van der Waals surface area (Å²) < 4.78 is 41.6. The summed E-state index contributed by atoms with van der Waals surface area (Å²) >= 11 is 12.7. The molecule has 1 heterocycles. The minimum atomic E-state index is -3.39. The highest BCUT2D eigenvalue weighted by Crippen LogP contribution is 2.38. The molecule has 2 aromatic carbocycles. The van der Waals surface area contributed by atoms with Crippen LogP contribution >= 0.6 is 23.2 Å². The molecule has 194 valence electrons. The van der Waals surface area contributed by atoms with Gasteiger partial charge in [0.2, 0.25) is 0 Å². The van der Waals surface area contributed by atoms with Gasteiger partial charge in [-0.2, -0.15) is 0 Å². The highest BCUT2D eigenvalue weighted by molar-refractivity contribution is 7.91. The Hall–Kier alpha value is -1.23. The fraction of sp³-hybridized carbons (Fsp3) is 0.520. The number of halogens is 2. The van der Waals surface area contributed by atoms with E-state index in [-0.39, 0.29) is 11.7 Å². The van der Waals surface area contributed by atoms with Gasteiger partial charge in [-0.1, -0.05) is 35.3 Å². The van der Waals surface area contributed by atoms with E-state index in [0.717, 1.165) is 29.8 Å². The number of rotatable bonds is 14. The van der Waals surface area contributed by atoms with E-state index in [1.807, 2.05) is 25.2 Å². The van der Waals surface area contributed by atoms with Crippen LogP contribution in [-0.2, 0) is 30.6 Å². The minimum Gasteiger partial charge on any atom is -0.379 e. The zero-order chi connectivity index (χ0) is 25.3. The number of nitrogens with zero attached hydrogens (tertiary/aromatic N) is 1. The summed E-state index contributed by atoms with van der Waals surface area (Å²) in [4.78, 5) is 2.52. The highest BCUT2D eigenvalue weighted by atomic mass is 35.5. The number of ether oxygens (including phenoxy) is 3. The van der Waals surface area contributed by atoms with Gasteiger partial charge in [0, 0.05) is 42.2 Å². The molecule has 0 amide bonds. The number of sulfone groups is 1. The molecule has 0 aromatic heterocycles. The van der Waals surface area contributed by atoms with Gasteiger partial charge in [-0.3, -0.25) is 0 Å². The third-order valence-electron chi connectivity index (χ3n) is 5.84. The van der Waals surface area contributed by atoms with Crippen LogP contribution in [-0.4, -0.2) is 78.8 Å². The molecule has 3 rings (SSSR count). The number of nitrogens with two attached hydrogens (primary N) is 1. The van der Waals surface area contributed by atoms with E-state index in [9.17, 15) is 8.42 Å². The van der Waals surface area contributed by atoms with Gasteiger partial charge in [-0.05, 0) is 54.4 Å². The molecule has 0 saturated carbocycles. The maximum Gasteiger partial charge on any atom is 0.178 e. The fourth-order valence-electron chi connectivity index (χ4n) is 4.13. The van der Waals surface area contributed by atoms with E-state index in [4.69, 9.17) is 43.1 Å². The molecule has 10 heteroatoms. The molecule has 0 spiro atoms. The van der Waals surface area contributed by atoms with Crippen molar-refractivity contribution >= 4 is 33.0 Å². The molecule has 1 aliphatic rings. The molecule has 0 fully saturated rings. The Bertz CT molecular complexity index is 1050. The second kappa shape index (κ2) is 13.9. The molecule has 2 aromatic rings. The predicted octanol–water partition coefficient (Wildman–Crippen LogP) is 3.74. The maximum absolute atomic E-state index is 12.8. The Morgan fingerprint density at radius 1 is 0.971 bits per heavy atom. The second-order valence-electron chi connectivity index (χ2n) is 8.57. The van der Waals surface area contributed by atoms with Gasteiger partial charge in [0.25, 0.3) is 0 Å². The smallest absolute Gasteiger partial charge is 0.178 e. The van der Waals surface area contributed by atoms with Crippen molar-refractivity contribution in [1.29, 1.82) is 0 Å². The first kappa shape index (κ1) is 28.3. The third kappa shape index (κ3) is 8.40. The Labute approximate surface area is 218 Å². The van der Waals surface area contributed by atoms with Crippen molar-refractivity contribution in [2.24, 2.45) is 5.73 Å². The fourth-order valence-corrected chi connectivity index (χ4v) is 5.99. The summed E-state index contributed by atoms with van der Waals surface area (Å²) in [7, 11) is -1.35. The van der Waals surface area contributed by atoms with Gasteiger partial charge < -0.3 is 24.8 Å². The van der Waals surface area contributed by atoms with Crippen molar-refractivity contribution in [3.63, 3.8) is 0 Å². The molecule has 1 unspecified atom stereocenters. The molecule has 2 N–H and O–H groups in total. The van der Waals surface area contributed by atoms with Crippen LogP contribution in [0.15, 0.2) is 41.3 Å². The Kier molecular flexibility index (Phi) is 11.3. The van der Waals surface area contributed by atoms with Crippen LogP contribution in [0.4, 0.5) is 0 Å². The van der Waals surface area contributed by atoms with Crippen LogP contribution in [0.1, 0.15) is 29.0 Å². The monoisotopic (exact) mass is 544 g/mol. The summed E-state index contributed by atoms with van der Waals surface area (Å²) in [6.07, 6.45) is 0.418. The third-order valence-corrected chi connectivity index (χ3v) is 8.21.